The number of amides is 3. The second kappa shape index (κ2) is 7.85. The fourth-order valence-corrected chi connectivity index (χ4v) is 4.72. The molecule has 2 aliphatic heterocycles. The number of anilines is 1. The van der Waals surface area contributed by atoms with Gasteiger partial charge in [-0.2, -0.15) is 0 Å². The van der Waals surface area contributed by atoms with Gasteiger partial charge in [0.2, 0.25) is 0 Å². The summed E-state index contributed by atoms with van der Waals surface area (Å²) < 4.78 is 0.822. The number of imide groups is 1. The van der Waals surface area contributed by atoms with Crippen LogP contribution in [-0.4, -0.2) is 40.3 Å². The standard InChI is InChI=1S/C22H17BrN2O4S/c1-12(2)25-16-6-4-3-5-15(16)18(20(25)27)19-21(28)24(22(29)30-19)11-17(26)13-7-9-14(23)10-8-13/h3-10,12H,11H2,1-2H3/b19-18+. The van der Waals surface area contributed by atoms with E-state index in [2.05, 4.69) is 15.9 Å². The zero-order valence-corrected chi connectivity index (χ0v) is 18.6. The highest BCUT2D eigenvalue weighted by molar-refractivity contribution is 9.10. The van der Waals surface area contributed by atoms with Gasteiger partial charge in [-0.25, -0.2) is 0 Å². The molecule has 0 radical (unpaired) electrons. The van der Waals surface area contributed by atoms with Crippen LogP contribution in [0, 0.1) is 0 Å². The lowest BCUT2D eigenvalue weighted by atomic mass is 10.1. The van der Waals surface area contributed by atoms with Gasteiger partial charge in [0.15, 0.2) is 5.78 Å². The van der Waals surface area contributed by atoms with Crippen molar-refractivity contribution in [3.8, 4) is 0 Å². The van der Waals surface area contributed by atoms with Gasteiger partial charge in [-0.1, -0.05) is 46.3 Å². The van der Waals surface area contributed by atoms with Crippen LogP contribution in [0.15, 0.2) is 57.9 Å². The molecule has 0 spiro atoms. The van der Waals surface area contributed by atoms with E-state index in [1.54, 1.807) is 41.3 Å². The van der Waals surface area contributed by atoms with E-state index in [0.717, 1.165) is 9.37 Å². The Morgan fingerprint density at radius 2 is 1.67 bits per heavy atom. The number of nitrogens with zero attached hydrogens (tertiary/aromatic N) is 2. The van der Waals surface area contributed by atoms with Crippen molar-refractivity contribution in [1.29, 1.82) is 0 Å². The van der Waals surface area contributed by atoms with Gasteiger partial charge in [-0.15, -0.1) is 0 Å². The molecule has 0 atom stereocenters. The third-order valence-electron chi connectivity index (χ3n) is 4.93. The van der Waals surface area contributed by atoms with E-state index in [-0.39, 0.29) is 34.8 Å². The number of rotatable bonds is 4. The number of halogens is 1. The average Bonchev–Trinajstić information content (AvgIpc) is 3.15. The van der Waals surface area contributed by atoms with Crippen molar-refractivity contribution in [2.45, 2.75) is 19.9 Å². The van der Waals surface area contributed by atoms with Crippen LogP contribution in [0.2, 0.25) is 0 Å². The van der Waals surface area contributed by atoms with Crippen LogP contribution in [0.1, 0.15) is 29.8 Å². The second-order valence-electron chi connectivity index (χ2n) is 7.18. The zero-order chi connectivity index (χ0) is 21.6. The summed E-state index contributed by atoms with van der Waals surface area (Å²) in [5, 5.41) is -0.554. The average molecular weight is 485 g/mol. The number of Topliss-reactive ketones (excluding diaryl/α,β-unsaturated/α-hetero) is 1. The third-order valence-corrected chi connectivity index (χ3v) is 6.43. The van der Waals surface area contributed by atoms with E-state index in [9.17, 15) is 19.2 Å². The number of fused-ring (bicyclic) bond motifs is 1. The topological polar surface area (TPSA) is 74.8 Å². The fourth-order valence-electron chi connectivity index (χ4n) is 3.53. The molecule has 0 unspecified atom stereocenters. The predicted molar refractivity (Wildman–Crippen MR) is 119 cm³/mol. The van der Waals surface area contributed by atoms with Crippen LogP contribution in [0.4, 0.5) is 10.5 Å². The molecular weight excluding hydrogens is 468 g/mol. The van der Waals surface area contributed by atoms with Gasteiger partial charge in [0, 0.05) is 21.6 Å². The van der Waals surface area contributed by atoms with Crippen molar-refractivity contribution in [2.24, 2.45) is 0 Å². The van der Waals surface area contributed by atoms with Gasteiger partial charge >= 0.3 is 0 Å². The molecule has 4 rings (SSSR count). The molecule has 0 aliphatic carbocycles. The highest BCUT2D eigenvalue weighted by atomic mass is 79.9. The van der Waals surface area contributed by atoms with Crippen molar-refractivity contribution < 1.29 is 19.2 Å². The molecular formula is C22H17BrN2O4S. The van der Waals surface area contributed by atoms with Gasteiger partial charge < -0.3 is 4.90 Å². The molecule has 2 aromatic carbocycles. The lowest BCUT2D eigenvalue weighted by Gasteiger charge is -2.21. The van der Waals surface area contributed by atoms with Gasteiger partial charge in [0.1, 0.15) is 0 Å². The molecule has 0 aromatic heterocycles. The molecule has 2 aliphatic rings. The highest BCUT2D eigenvalue weighted by Crippen LogP contribution is 2.45. The molecule has 2 aromatic rings. The maximum atomic E-state index is 13.1. The molecule has 0 bridgehead atoms. The van der Waals surface area contributed by atoms with E-state index < -0.39 is 11.1 Å². The van der Waals surface area contributed by atoms with Crippen LogP contribution >= 0.6 is 27.7 Å². The smallest absolute Gasteiger partial charge is 0.294 e. The van der Waals surface area contributed by atoms with E-state index in [1.165, 1.54) is 0 Å². The Morgan fingerprint density at radius 3 is 2.33 bits per heavy atom. The number of carbonyl (C=O) groups excluding carboxylic acids is 4. The third kappa shape index (κ3) is 3.40. The zero-order valence-electron chi connectivity index (χ0n) is 16.2. The molecule has 0 N–H and O–H groups in total. The summed E-state index contributed by atoms with van der Waals surface area (Å²) >= 11 is 4.02. The normalized spacial score (nSPS) is 18.6. The first-order valence-electron chi connectivity index (χ1n) is 9.29. The first kappa shape index (κ1) is 20.6. The number of thioether (sulfide) groups is 1. The minimum absolute atomic E-state index is 0.0733. The maximum Gasteiger partial charge on any atom is 0.294 e. The van der Waals surface area contributed by atoms with Gasteiger partial charge in [-0.05, 0) is 43.8 Å². The van der Waals surface area contributed by atoms with Crippen LogP contribution in [0.3, 0.4) is 0 Å². The summed E-state index contributed by atoms with van der Waals surface area (Å²) in [6, 6.07) is 13.8. The summed E-state index contributed by atoms with van der Waals surface area (Å²) in [5.41, 5.74) is 1.96. The summed E-state index contributed by atoms with van der Waals surface area (Å²) in [4.78, 5) is 53.9. The van der Waals surface area contributed by atoms with Gasteiger partial charge in [0.25, 0.3) is 17.1 Å². The predicted octanol–water partition coefficient (Wildman–Crippen LogP) is 4.49. The number of hydrogen-bond acceptors (Lipinski definition) is 5. The van der Waals surface area contributed by atoms with Crippen molar-refractivity contribution in [3.63, 3.8) is 0 Å². The lowest BCUT2D eigenvalue weighted by molar-refractivity contribution is -0.122. The van der Waals surface area contributed by atoms with Crippen molar-refractivity contribution in [1.82, 2.24) is 4.90 Å². The summed E-state index contributed by atoms with van der Waals surface area (Å²) in [7, 11) is 0. The molecule has 1 saturated heterocycles. The Bertz CT molecular complexity index is 1120. The molecule has 2 heterocycles. The fraction of sp³-hybridized carbons (Fsp3) is 0.182. The number of carbonyl (C=O) groups is 4. The molecule has 6 nitrogen and oxygen atoms in total. The highest BCUT2D eigenvalue weighted by Gasteiger charge is 2.44. The number of para-hydroxylation sites is 1. The molecule has 8 heteroatoms. The Labute approximate surface area is 186 Å². The Balaban J connectivity index is 1.68. The number of hydrogen-bond donors (Lipinski definition) is 0. The first-order chi connectivity index (χ1) is 14.3. The summed E-state index contributed by atoms with van der Waals surface area (Å²) in [6.45, 7) is 3.41. The SMILES string of the molecule is CC(C)N1C(=O)/C(=C2/SC(=O)N(CC(=O)c3ccc(Br)cc3)C2=O)c2ccccc21. The molecule has 3 amide bonds. The Morgan fingerprint density at radius 1 is 1.00 bits per heavy atom. The van der Waals surface area contributed by atoms with Crippen LogP contribution < -0.4 is 4.90 Å². The molecule has 152 valence electrons. The number of benzene rings is 2. The lowest BCUT2D eigenvalue weighted by Crippen LogP contribution is -2.35. The second-order valence-corrected chi connectivity index (χ2v) is 9.06. The minimum Gasteiger partial charge on any atom is -0.305 e. The van der Waals surface area contributed by atoms with Gasteiger partial charge in [-0.3, -0.25) is 24.1 Å². The van der Waals surface area contributed by atoms with E-state index >= 15 is 0 Å². The first-order valence-corrected chi connectivity index (χ1v) is 10.9. The molecule has 1 fully saturated rings. The minimum atomic E-state index is -0.612. The summed E-state index contributed by atoms with van der Waals surface area (Å²) in [5.74, 6) is -1.27. The molecule has 0 saturated carbocycles. The van der Waals surface area contributed by atoms with Crippen LogP contribution in [0.5, 0.6) is 0 Å². The molecule has 30 heavy (non-hydrogen) atoms. The van der Waals surface area contributed by atoms with Gasteiger partial charge in [0.05, 0.1) is 22.7 Å². The summed E-state index contributed by atoms with van der Waals surface area (Å²) in [6.07, 6.45) is 0. The van der Waals surface area contributed by atoms with E-state index in [4.69, 9.17) is 0 Å². The van der Waals surface area contributed by atoms with Crippen LogP contribution in [0.25, 0.3) is 5.57 Å². The van der Waals surface area contributed by atoms with Crippen molar-refractivity contribution in [3.05, 3.63) is 69.0 Å². The van der Waals surface area contributed by atoms with Crippen LogP contribution in [-0.2, 0) is 9.59 Å². The quantitative estimate of drug-likeness (QED) is 0.471. The van der Waals surface area contributed by atoms with Crippen molar-refractivity contribution in [2.75, 3.05) is 11.4 Å². The van der Waals surface area contributed by atoms with Crippen molar-refractivity contribution >= 4 is 61.8 Å². The largest absolute Gasteiger partial charge is 0.305 e. The number of ketones is 1. The van der Waals surface area contributed by atoms with E-state index in [1.807, 2.05) is 26.0 Å². The maximum absolute atomic E-state index is 13.1. The monoisotopic (exact) mass is 484 g/mol. The Hall–Kier alpha value is -2.71. The Kier molecular flexibility index (Phi) is 5.38. The van der Waals surface area contributed by atoms with E-state index in [0.29, 0.717) is 28.6 Å².